The van der Waals surface area contributed by atoms with Crippen LogP contribution in [0.25, 0.3) is 12.2 Å². The minimum atomic E-state index is -3.57. The molecule has 0 heterocycles. The average Bonchev–Trinajstić information content (AvgIpc) is 2.63. The highest BCUT2D eigenvalue weighted by Gasteiger charge is 2.11. The van der Waals surface area contributed by atoms with Crippen LogP contribution < -0.4 is 4.18 Å². The van der Waals surface area contributed by atoms with E-state index in [2.05, 4.69) is 0 Å². The second-order valence-corrected chi connectivity index (χ2v) is 7.93. The SMILES string of the molecule is CCS(=O)(=O)Oc1ccc(/C=C/C(=O)/C=C/c2ccc(O)c(C)c2)cc1C. The molecule has 2 aromatic rings. The maximum Gasteiger partial charge on any atom is 0.308 e. The molecular formula is C21H22O5S. The number of carbonyl (C=O) groups is 1. The summed E-state index contributed by atoms with van der Waals surface area (Å²) in [5.74, 6) is 0.207. The smallest absolute Gasteiger partial charge is 0.308 e. The Bertz CT molecular complexity index is 1000. The summed E-state index contributed by atoms with van der Waals surface area (Å²) >= 11 is 0. The zero-order valence-electron chi connectivity index (χ0n) is 15.5. The van der Waals surface area contributed by atoms with Gasteiger partial charge in [-0.05, 0) is 79.4 Å². The molecule has 0 unspecified atom stereocenters. The number of hydrogen-bond acceptors (Lipinski definition) is 5. The third-order valence-electron chi connectivity index (χ3n) is 3.87. The van der Waals surface area contributed by atoms with Crippen molar-refractivity contribution in [3.8, 4) is 11.5 Å². The Morgan fingerprint density at radius 2 is 1.56 bits per heavy atom. The number of aromatic hydroxyl groups is 1. The van der Waals surface area contributed by atoms with Crippen molar-refractivity contribution in [2.24, 2.45) is 0 Å². The molecule has 2 rings (SSSR count). The molecule has 0 aromatic heterocycles. The van der Waals surface area contributed by atoms with Crippen molar-refractivity contribution in [1.29, 1.82) is 0 Å². The van der Waals surface area contributed by atoms with Crippen molar-refractivity contribution in [2.75, 3.05) is 5.75 Å². The van der Waals surface area contributed by atoms with E-state index in [1.54, 1.807) is 62.4 Å². The van der Waals surface area contributed by atoms with Gasteiger partial charge in [-0.1, -0.05) is 24.3 Å². The fraction of sp³-hybridized carbons (Fsp3) is 0.190. The molecule has 0 aliphatic rings. The van der Waals surface area contributed by atoms with Gasteiger partial charge in [0, 0.05) is 0 Å². The van der Waals surface area contributed by atoms with E-state index in [-0.39, 0.29) is 23.0 Å². The number of benzene rings is 2. The van der Waals surface area contributed by atoms with E-state index in [1.165, 1.54) is 19.1 Å². The van der Waals surface area contributed by atoms with E-state index < -0.39 is 10.1 Å². The number of allylic oxidation sites excluding steroid dienone is 2. The van der Waals surface area contributed by atoms with Crippen molar-refractivity contribution in [1.82, 2.24) is 0 Å². The Balaban J connectivity index is 2.06. The van der Waals surface area contributed by atoms with E-state index in [0.717, 1.165) is 16.7 Å². The molecule has 0 aliphatic carbocycles. The summed E-state index contributed by atoms with van der Waals surface area (Å²) in [4.78, 5) is 12.0. The fourth-order valence-electron chi connectivity index (χ4n) is 2.26. The molecule has 0 radical (unpaired) electrons. The Morgan fingerprint density at radius 1 is 1.00 bits per heavy atom. The van der Waals surface area contributed by atoms with Gasteiger partial charge in [0.15, 0.2) is 5.78 Å². The maximum absolute atomic E-state index is 12.0. The van der Waals surface area contributed by atoms with Crippen LogP contribution in [0.4, 0.5) is 0 Å². The number of aryl methyl sites for hydroxylation is 2. The highest BCUT2D eigenvalue weighted by atomic mass is 32.2. The van der Waals surface area contributed by atoms with E-state index >= 15 is 0 Å². The van der Waals surface area contributed by atoms with E-state index in [1.807, 2.05) is 0 Å². The minimum absolute atomic E-state index is 0.102. The van der Waals surface area contributed by atoms with Gasteiger partial charge in [0.1, 0.15) is 11.5 Å². The second-order valence-electron chi connectivity index (χ2n) is 6.07. The van der Waals surface area contributed by atoms with Crippen LogP contribution in [0.3, 0.4) is 0 Å². The van der Waals surface area contributed by atoms with Crippen LogP contribution in [0.15, 0.2) is 48.6 Å². The van der Waals surface area contributed by atoms with Crippen LogP contribution in [0.2, 0.25) is 0 Å². The van der Waals surface area contributed by atoms with Crippen LogP contribution in [0.1, 0.15) is 29.2 Å². The van der Waals surface area contributed by atoms with Crippen LogP contribution in [0, 0.1) is 13.8 Å². The Kier molecular flexibility index (Phi) is 6.58. The highest BCUT2D eigenvalue weighted by molar-refractivity contribution is 7.87. The molecule has 2 aromatic carbocycles. The normalized spacial score (nSPS) is 12.0. The summed E-state index contributed by atoms with van der Waals surface area (Å²) in [6.07, 6.45) is 6.21. The van der Waals surface area contributed by atoms with Gasteiger partial charge in [-0.2, -0.15) is 8.42 Å². The topological polar surface area (TPSA) is 80.7 Å². The molecule has 0 amide bonds. The summed E-state index contributed by atoms with van der Waals surface area (Å²) in [6.45, 7) is 5.04. The lowest BCUT2D eigenvalue weighted by Gasteiger charge is -2.08. The molecule has 5 nitrogen and oxygen atoms in total. The van der Waals surface area contributed by atoms with Crippen LogP contribution in [-0.4, -0.2) is 25.1 Å². The second kappa shape index (κ2) is 8.68. The molecule has 1 N–H and O–H groups in total. The number of hydrogen-bond donors (Lipinski definition) is 1. The Hall–Kier alpha value is -2.86. The van der Waals surface area contributed by atoms with Gasteiger partial charge < -0.3 is 9.29 Å². The predicted octanol–water partition coefficient (Wildman–Crippen LogP) is 4.03. The molecule has 0 atom stereocenters. The first-order valence-electron chi connectivity index (χ1n) is 8.43. The lowest BCUT2D eigenvalue weighted by Crippen LogP contribution is -2.12. The summed E-state index contributed by atoms with van der Waals surface area (Å²) < 4.78 is 28.1. The lowest BCUT2D eigenvalue weighted by molar-refractivity contribution is -0.110. The first-order valence-corrected chi connectivity index (χ1v) is 10.0. The van der Waals surface area contributed by atoms with Crippen molar-refractivity contribution in [3.05, 3.63) is 70.8 Å². The molecule has 0 aliphatic heterocycles. The van der Waals surface area contributed by atoms with Crippen LogP contribution >= 0.6 is 0 Å². The first-order chi connectivity index (χ1) is 12.7. The molecule has 0 fully saturated rings. The predicted molar refractivity (Wildman–Crippen MR) is 107 cm³/mol. The van der Waals surface area contributed by atoms with Crippen molar-refractivity contribution in [3.63, 3.8) is 0 Å². The lowest BCUT2D eigenvalue weighted by atomic mass is 10.1. The summed E-state index contributed by atoms with van der Waals surface area (Å²) in [5.41, 5.74) is 2.98. The zero-order chi connectivity index (χ0) is 20.0. The monoisotopic (exact) mass is 386 g/mol. The molecular weight excluding hydrogens is 364 g/mol. The molecule has 0 saturated carbocycles. The average molecular weight is 386 g/mol. The van der Waals surface area contributed by atoms with Gasteiger partial charge >= 0.3 is 10.1 Å². The number of phenols is 1. The highest BCUT2D eigenvalue weighted by Crippen LogP contribution is 2.22. The number of phenolic OH excluding ortho intramolecular Hbond substituents is 1. The third-order valence-corrected chi connectivity index (χ3v) is 5.01. The van der Waals surface area contributed by atoms with E-state index in [0.29, 0.717) is 5.56 Å². The molecule has 0 bridgehead atoms. The first kappa shape index (κ1) is 20.5. The largest absolute Gasteiger partial charge is 0.508 e. The number of rotatable bonds is 7. The number of carbonyl (C=O) groups excluding carboxylic acids is 1. The Morgan fingerprint density at radius 3 is 2.07 bits per heavy atom. The third kappa shape index (κ3) is 6.11. The fourth-order valence-corrected chi connectivity index (χ4v) is 2.84. The minimum Gasteiger partial charge on any atom is -0.508 e. The molecule has 6 heteroatoms. The maximum atomic E-state index is 12.0. The summed E-state index contributed by atoms with van der Waals surface area (Å²) in [7, 11) is -3.57. The van der Waals surface area contributed by atoms with Gasteiger partial charge in [-0.15, -0.1) is 0 Å². The van der Waals surface area contributed by atoms with E-state index in [4.69, 9.17) is 4.18 Å². The number of ketones is 1. The van der Waals surface area contributed by atoms with Crippen molar-refractivity contribution in [2.45, 2.75) is 20.8 Å². The molecule has 142 valence electrons. The van der Waals surface area contributed by atoms with Gasteiger partial charge in [0.25, 0.3) is 0 Å². The standard InChI is InChI=1S/C21H22O5S/c1-4-27(24,25)26-21-12-8-18(14-16(21)3)6-10-19(22)9-5-17-7-11-20(23)15(2)13-17/h5-14,23H,4H2,1-3H3/b9-5+,10-6+. The Labute approximate surface area is 159 Å². The molecule has 0 saturated heterocycles. The van der Waals surface area contributed by atoms with Gasteiger partial charge in [-0.25, -0.2) is 0 Å². The van der Waals surface area contributed by atoms with Crippen LogP contribution in [-0.2, 0) is 14.9 Å². The quantitative estimate of drug-likeness (QED) is 0.574. The molecule has 0 spiro atoms. The molecule has 27 heavy (non-hydrogen) atoms. The van der Waals surface area contributed by atoms with Crippen LogP contribution in [0.5, 0.6) is 11.5 Å². The van der Waals surface area contributed by atoms with Gasteiger partial charge in [0.05, 0.1) is 5.75 Å². The summed E-state index contributed by atoms with van der Waals surface area (Å²) in [5, 5.41) is 9.51. The summed E-state index contributed by atoms with van der Waals surface area (Å²) in [6, 6.07) is 10.1. The van der Waals surface area contributed by atoms with Crippen molar-refractivity contribution >= 4 is 28.1 Å². The zero-order valence-corrected chi connectivity index (χ0v) is 16.3. The van der Waals surface area contributed by atoms with E-state index in [9.17, 15) is 18.3 Å². The van der Waals surface area contributed by atoms with Crippen molar-refractivity contribution < 1.29 is 22.5 Å². The van der Waals surface area contributed by atoms with Gasteiger partial charge in [-0.3, -0.25) is 4.79 Å². The van der Waals surface area contributed by atoms with Gasteiger partial charge in [0.2, 0.25) is 0 Å².